The summed E-state index contributed by atoms with van der Waals surface area (Å²) in [5, 5.41) is 36.1. The Hall–Kier alpha value is -4.40. The van der Waals surface area contributed by atoms with Crippen molar-refractivity contribution in [3.8, 4) is 0 Å². The third-order valence-electron chi connectivity index (χ3n) is 7.82. The van der Waals surface area contributed by atoms with E-state index in [1.807, 2.05) is 0 Å². The van der Waals surface area contributed by atoms with Crippen LogP contribution >= 0.6 is 35.3 Å². The fourth-order valence-electron chi connectivity index (χ4n) is 5.60. The molecule has 1 aromatic carbocycles. The largest absolute Gasteiger partial charge is 0.477 e. The van der Waals surface area contributed by atoms with Crippen LogP contribution in [0.1, 0.15) is 11.7 Å². The maximum Gasteiger partial charge on any atom is 0.352 e. The quantitative estimate of drug-likeness (QED) is 0.113. The molecular formula is C27H26N8O9S3. The highest BCUT2D eigenvalue weighted by Crippen LogP contribution is 2.43. The summed E-state index contributed by atoms with van der Waals surface area (Å²) in [6, 6.07) is 6.42. The highest BCUT2D eigenvalue weighted by Gasteiger charge is 2.56. The Morgan fingerprint density at radius 2 is 1.64 bits per heavy atom. The van der Waals surface area contributed by atoms with Gasteiger partial charge in [0.25, 0.3) is 18.3 Å². The number of carbonyl (C=O) groups excluding carboxylic acids is 4. The summed E-state index contributed by atoms with van der Waals surface area (Å²) in [4.78, 5) is 77.3. The number of fused-ring (bicyclic) bond motifs is 2. The lowest BCUT2D eigenvalue weighted by Crippen LogP contribution is -2.71. The van der Waals surface area contributed by atoms with E-state index in [4.69, 9.17) is 4.74 Å². The maximum atomic E-state index is 13.2. The number of carboxylic acid groups (broad SMARTS) is 2. The minimum atomic E-state index is -1.35. The molecule has 5 atom stereocenters. The summed E-state index contributed by atoms with van der Waals surface area (Å²) in [7, 11) is 1.66. The molecular weight excluding hydrogens is 677 g/mol. The number of tetrazole rings is 1. The number of hydrogen-bond acceptors (Lipinski definition) is 14. The molecule has 0 bridgehead atoms. The second kappa shape index (κ2) is 13.4. The third kappa shape index (κ3) is 5.96. The van der Waals surface area contributed by atoms with E-state index >= 15 is 0 Å². The van der Waals surface area contributed by atoms with Gasteiger partial charge in [0.05, 0.1) is 0 Å². The first-order valence-corrected chi connectivity index (χ1v) is 17.0. The molecule has 4 aliphatic rings. The average Bonchev–Trinajstić information content (AvgIpc) is 3.48. The predicted molar refractivity (Wildman–Crippen MR) is 165 cm³/mol. The number of β-lactam (4-membered cyclic amide) rings is 2. The smallest absolute Gasteiger partial charge is 0.352 e. The SMILES string of the molecule is Cn1nnnc1SCC1=C(C(=O)O)N2C(=O)[C@@H](NCC3=C(C(=O)O)N4C(=O)[C@@H](NC(=O)[C@H](OC=O)c5ccccc5)C4SC3)[C@H]2SC1. The molecule has 2 saturated heterocycles. The van der Waals surface area contributed by atoms with Gasteiger partial charge in [0.1, 0.15) is 34.2 Å². The molecule has 2 aromatic rings. The number of hydrogen-bond donors (Lipinski definition) is 4. The molecule has 4 aliphatic heterocycles. The number of benzene rings is 1. The second-order valence-electron chi connectivity index (χ2n) is 10.6. The van der Waals surface area contributed by atoms with Crippen LogP contribution < -0.4 is 10.6 Å². The summed E-state index contributed by atoms with van der Waals surface area (Å²) in [5.41, 5.74) is 0.975. The Bertz CT molecular complexity index is 1720. The van der Waals surface area contributed by atoms with E-state index < -0.39 is 58.6 Å². The first-order chi connectivity index (χ1) is 22.6. The Balaban J connectivity index is 1.11. The van der Waals surface area contributed by atoms with Gasteiger partial charge in [-0.1, -0.05) is 42.1 Å². The van der Waals surface area contributed by atoms with Gasteiger partial charge in [-0.25, -0.2) is 14.3 Å². The summed E-state index contributed by atoms with van der Waals surface area (Å²) < 4.78 is 6.43. The average molecular weight is 703 g/mol. The van der Waals surface area contributed by atoms with Crippen molar-refractivity contribution in [1.29, 1.82) is 0 Å². The molecule has 3 amide bonds. The van der Waals surface area contributed by atoms with Gasteiger partial charge in [-0.3, -0.25) is 34.3 Å². The van der Waals surface area contributed by atoms with Gasteiger partial charge in [-0.15, -0.1) is 28.6 Å². The number of aromatic nitrogens is 4. The van der Waals surface area contributed by atoms with Crippen molar-refractivity contribution in [2.24, 2.45) is 7.05 Å². The molecule has 0 radical (unpaired) electrons. The van der Waals surface area contributed by atoms with Crippen LogP contribution in [0.5, 0.6) is 0 Å². The highest BCUT2D eigenvalue weighted by atomic mass is 32.2. The van der Waals surface area contributed by atoms with Crippen molar-refractivity contribution < 1.29 is 43.7 Å². The van der Waals surface area contributed by atoms with Gasteiger partial charge < -0.3 is 20.3 Å². The first-order valence-electron chi connectivity index (χ1n) is 13.9. The van der Waals surface area contributed by atoms with E-state index in [2.05, 4.69) is 26.2 Å². The normalized spacial score (nSPS) is 24.1. The Morgan fingerprint density at radius 3 is 2.26 bits per heavy atom. The minimum Gasteiger partial charge on any atom is -0.477 e. The third-order valence-corrected chi connectivity index (χ3v) is 11.6. The van der Waals surface area contributed by atoms with Crippen molar-refractivity contribution >= 4 is 71.4 Å². The van der Waals surface area contributed by atoms with Crippen LogP contribution in [0.4, 0.5) is 0 Å². The summed E-state index contributed by atoms with van der Waals surface area (Å²) in [6.45, 7) is 0.0982. The van der Waals surface area contributed by atoms with Crippen LogP contribution in [0.25, 0.3) is 0 Å². The van der Waals surface area contributed by atoms with E-state index in [1.54, 1.807) is 37.4 Å². The molecule has 5 heterocycles. The summed E-state index contributed by atoms with van der Waals surface area (Å²) in [5.74, 6) is -3.60. The lowest BCUT2D eigenvalue weighted by Gasteiger charge is -2.51. The van der Waals surface area contributed by atoms with Gasteiger partial charge >= 0.3 is 11.9 Å². The number of carboxylic acids is 2. The fourth-order valence-corrected chi connectivity index (χ4v) is 9.31. The number of nitrogens with one attached hydrogen (secondary N) is 2. The standard InChI is InChI=1S/C27H26N8O9S3/c1-33-27(30-31-32-33)47-10-14-9-46-23-15(21(38)35(23)18(14)26(42)43)28-7-13-8-45-24-16(22(39)34(24)17(13)25(40)41)29-20(37)19(44-11-36)12-5-3-2-4-6-12/h2-6,11,15-16,19,23-24,28H,7-10H2,1H3,(H,29,37)(H,40,41)(H,42,43)/t15-,16-,19-,23-,24?/m1/s1. The van der Waals surface area contributed by atoms with E-state index in [0.717, 1.165) is 4.90 Å². The molecule has 47 heavy (non-hydrogen) atoms. The van der Waals surface area contributed by atoms with Crippen molar-refractivity contribution in [1.82, 2.24) is 40.6 Å². The molecule has 1 unspecified atom stereocenters. The molecule has 4 N–H and O–H groups in total. The number of carbonyl (C=O) groups is 6. The summed E-state index contributed by atoms with van der Waals surface area (Å²) >= 11 is 3.88. The van der Waals surface area contributed by atoms with E-state index in [-0.39, 0.29) is 35.9 Å². The van der Waals surface area contributed by atoms with Crippen LogP contribution in [-0.4, -0.2) is 123 Å². The van der Waals surface area contributed by atoms with Crippen LogP contribution in [0.2, 0.25) is 0 Å². The number of aliphatic carboxylic acids is 2. The van der Waals surface area contributed by atoms with Gasteiger partial charge in [0.15, 0.2) is 0 Å². The lowest BCUT2D eigenvalue weighted by atomic mass is 10.0. The number of aryl methyl sites for hydroxylation is 1. The van der Waals surface area contributed by atoms with Crippen LogP contribution in [0.15, 0.2) is 58.0 Å². The zero-order valence-corrected chi connectivity index (χ0v) is 26.8. The molecule has 6 rings (SSSR count). The number of amides is 3. The van der Waals surface area contributed by atoms with Crippen LogP contribution in [-0.2, 0) is 40.6 Å². The monoisotopic (exact) mass is 702 g/mol. The molecule has 20 heteroatoms. The van der Waals surface area contributed by atoms with E-state index in [0.29, 0.717) is 27.6 Å². The minimum absolute atomic E-state index is 0.0410. The van der Waals surface area contributed by atoms with Crippen molar-refractivity contribution in [3.05, 3.63) is 58.4 Å². The van der Waals surface area contributed by atoms with Gasteiger partial charge in [-0.2, -0.15) is 0 Å². The lowest BCUT2D eigenvalue weighted by molar-refractivity contribution is -0.154. The van der Waals surface area contributed by atoms with Crippen molar-refractivity contribution in [2.45, 2.75) is 34.1 Å². The van der Waals surface area contributed by atoms with E-state index in [9.17, 15) is 39.0 Å². The number of ether oxygens (including phenoxy) is 1. The van der Waals surface area contributed by atoms with E-state index in [1.165, 1.54) is 44.9 Å². The molecule has 246 valence electrons. The van der Waals surface area contributed by atoms with Crippen LogP contribution in [0, 0.1) is 0 Å². The Labute approximate surface area is 278 Å². The maximum absolute atomic E-state index is 13.2. The van der Waals surface area contributed by atoms with Crippen LogP contribution in [0.3, 0.4) is 0 Å². The number of nitrogens with zero attached hydrogens (tertiary/aromatic N) is 6. The highest BCUT2D eigenvalue weighted by molar-refractivity contribution is 8.01. The molecule has 17 nitrogen and oxygen atoms in total. The fraction of sp³-hybridized carbons (Fsp3) is 0.370. The van der Waals surface area contributed by atoms with Gasteiger partial charge in [0.2, 0.25) is 17.2 Å². The Kier molecular flexibility index (Phi) is 9.26. The molecule has 2 fully saturated rings. The molecule has 0 aliphatic carbocycles. The van der Waals surface area contributed by atoms with Gasteiger partial charge in [0, 0.05) is 36.4 Å². The Morgan fingerprint density at radius 1 is 1.02 bits per heavy atom. The summed E-state index contributed by atoms with van der Waals surface area (Å²) in [6.07, 6.45) is -1.29. The zero-order chi connectivity index (χ0) is 33.4. The zero-order valence-electron chi connectivity index (χ0n) is 24.3. The molecule has 0 saturated carbocycles. The number of rotatable bonds is 13. The topological polar surface area (TPSA) is 226 Å². The molecule has 0 spiro atoms. The predicted octanol–water partition coefficient (Wildman–Crippen LogP) is -0.833. The first kappa shape index (κ1) is 32.5. The second-order valence-corrected chi connectivity index (χ2v) is 13.7. The number of thioether (sulfide) groups is 3. The van der Waals surface area contributed by atoms with Crippen molar-refractivity contribution in [2.75, 3.05) is 23.8 Å². The molecule has 1 aromatic heterocycles. The van der Waals surface area contributed by atoms with Gasteiger partial charge in [-0.05, 0) is 21.6 Å². The van der Waals surface area contributed by atoms with Crippen molar-refractivity contribution in [3.63, 3.8) is 0 Å².